The summed E-state index contributed by atoms with van der Waals surface area (Å²) in [7, 11) is 0. The van der Waals surface area contributed by atoms with Crippen molar-refractivity contribution >= 4 is 17.2 Å². The second-order valence-corrected chi connectivity index (χ2v) is 5.89. The minimum Gasteiger partial charge on any atom is -0.492 e. The molecule has 4 heteroatoms. The van der Waals surface area contributed by atoms with Crippen LogP contribution in [0, 0.1) is 5.92 Å². The Balaban J connectivity index is 1.78. The monoisotopic (exact) mass is 292 g/mol. The molecule has 1 heterocycles. The molecule has 0 saturated carbocycles. The van der Waals surface area contributed by atoms with Crippen molar-refractivity contribution in [2.45, 2.75) is 26.2 Å². The Morgan fingerprint density at radius 1 is 1.45 bits per heavy atom. The lowest BCUT2D eigenvalue weighted by molar-refractivity contribution is 0.231. The van der Waals surface area contributed by atoms with Crippen molar-refractivity contribution in [1.82, 2.24) is 4.90 Å². The highest BCUT2D eigenvalue weighted by Crippen LogP contribution is 2.21. The predicted octanol–water partition coefficient (Wildman–Crippen LogP) is 2.82. The zero-order valence-electron chi connectivity index (χ0n) is 12.2. The molecule has 20 heavy (non-hydrogen) atoms. The lowest BCUT2D eigenvalue weighted by Crippen LogP contribution is -2.26. The van der Waals surface area contributed by atoms with Gasteiger partial charge in [0.15, 0.2) is 0 Å². The van der Waals surface area contributed by atoms with Crippen LogP contribution in [0.2, 0.25) is 0 Å². The van der Waals surface area contributed by atoms with Gasteiger partial charge >= 0.3 is 0 Å². The number of rotatable bonds is 7. The van der Waals surface area contributed by atoms with Crippen LogP contribution in [0.4, 0.5) is 0 Å². The highest BCUT2D eigenvalue weighted by Gasteiger charge is 2.21. The summed E-state index contributed by atoms with van der Waals surface area (Å²) in [5, 5.41) is 0. The third-order valence-electron chi connectivity index (χ3n) is 3.88. The van der Waals surface area contributed by atoms with E-state index < -0.39 is 0 Å². The molecule has 0 bridgehead atoms. The number of nitrogens with two attached hydrogens (primary N) is 1. The number of thiocarbonyl (C=S) groups is 1. The van der Waals surface area contributed by atoms with Crippen LogP contribution in [-0.4, -0.2) is 36.1 Å². The fourth-order valence-electron chi connectivity index (χ4n) is 2.84. The van der Waals surface area contributed by atoms with Crippen LogP contribution >= 0.6 is 12.2 Å². The standard InChI is InChI=1S/C16H24N2OS/c1-2-5-13-8-9-18(12-13)10-11-19-15-7-4-3-6-14(15)16(17)20/h3-4,6-7,13H,2,5,8-12H2,1H3,(H2,17,20). The molecule has 2 N–H and O–H groups in total. The van der Waals surface area contributed by atoms with Gasteiger partial charge in [-0.25, -0.2) is 0 Å². The largest absolute Gasteiger partial charge is 0.492 e. The molecule has 110 valence electrons. The highest BCUT2D eigenvalue weighted by molar-refractivity contribution is 7.80. The van der Waals surface area contributed by atoms with Crippen molar-refractivity contribution in [2.24, 2.45) is 11.7 Å². The molecule has 0 amide bonds. The number of ether oxygens (including phenoxy) is 1. The van der Waals surface area contributed by atoms with E-state index in [0.29, 0.717) is 11.6 Å². The zero-order chi connectivity index (χ0) is 14.4. The number of hydrogen-bond acceptors (Lipinski definition) is 3. The quantitative estimate of drug-likeness (QED) is 0.784. The van der Waals surface area contributed by atoms with E-state index in [2.05, 4.69) is 11.8 Å². The Kier molecular flexibility index (Phi) is 5.80. The Bertz CT molecular complexity index is 450. The van der Waals surface area contributed by atoms with Gasteiger partial charge in [-0.1, -0.05) is 37.7 Å². The summed E-state index contributed by atoms with van der Waals surface area (Å²) in [6.07, 6.45) is 3.97. The van der Waals surface area contributed by atoms with Gasteiger partial charge in [0.25, 0.3) is 0 Å². The van der Waals surface area contributed by atoms with Gasteiger partial charge in [-0.15, -0.1) is 0 Å². The molecule has 1 unspecified atom stereocenters. The maximum atomic E-state index is 5.85. The van der Waals surface area contributed by atoms with Gasteiger partial charge in [0.1, 0.15) is 17.3 Å². The molecular formula is C16H24N2OS. The van der Waals surface area contributed by atoms with Gasteiger partial charge < -0.3 is 10.5 Å². The minimum absolute atomic E-state index is 0.393. The van der Waals surface area contributed by atoms with Crippen LogP contribution in [0.25, 0.3) is 0 Å². The molecule has 1 aromatic carbocycles. The number of para-hydroxylation sites is 1. The second-order valence-electron chi connectivity index (χ2n) is 5.45. The van der Waals surface area contributed by atoms with E-state index in [0.717, 1.165) is 23.8 Å². The first-order chi connectivity index (χ1) is 9.70. The molecule has 0 radical (unpaired) electrons. The van der Waals surface area contributed by atoms with E-state index in [1.165, 1.54) is 32.4 Å². The van der Waals surface area contributed by atoms with Crippen molar-refractivity contribution < 1.29 is 4.74 Å². The van der Waals surface area contributed by atoms with Crippen molar-refractivity contribution in [2.75, 3.05) is 26.2 Å². The zero-order valence-corrected chi connectivity index (χ0v) is 13.0. The van der Waals surface area contributed by atoms with Crippen LogP contribution < -0.4 is 10.5 Å². The van der Waals surface area contributed by atoms with Crippen molar-refractivity contribution in [3.05, 3.63) is 29.8 Å². The van der Waals surface area contributed by atoms with Crippen molar-refractivity contribution in [3.8, 4) is 5.75 Å². The summed E-state index contributed by atoms with van der Waals surface area (Å²) in [4.78, 5) is 2.88. The summed E-state index contributed by atoms with van der Waals surface area (Å²) < 4.78 is 5.85. The van der Waals surface area contributed by atoms with E-state index in [4.69, 9.17) is 22.7 Å². The highest BCUT2D eigenvalue weighted by atomic mass is 32.1. The van der Waals surface area contributed by atoms with Crippen LogP contribution in [0.5, 0.6) is 5.75 Å². The van der Waals surface area contributed by atoms with Crippen LogP contribution in [0.3, 0.4) is 0 Å². The molecule has 0 aliphatic carbocycles. The molecule has 3 nitrogen and oxygen atoms in total. The molecular weight excluding hydrogens is 268 g/mol. The first-order valence-electron chi connectivity index (χ1n) is 7.44. The molecule has 1 aliphatic rings. The van der Waals surface area contributed by atoms with Gasteiger partial charge in [-0.05, 0) is 37.4 Å². The first kappa shape index (κ1) is 15.3. The van der Waals surface area contributed by atoms with E-state index in [1.807, 2.05) is 24.3 Å². The summed E-state index contributed by atoms with van der Waals surface area (Å²) in [6, 6.07) is 7.71. The summed E-state index contributed by atoms with van der Waals surface area (Å²) >= 11 is 5.04. The van der Waals surface area contributed by atoms with E-state index in [9.17, 15) is 0 Å². The van der Waals surface area contributed by atoms with Gasteiger partial charge in [0, 0.05) is 13.1 Å². The smallest absolute Gasteiger partial charge is 0.129 e. The third-order valence-corrected chi connectivity index (χ3v) is 4.10. The summed E-state index contributed by atoms with van der Waals surface area (Å²) in [5.74, 6) is 1.67. The lowest BCUT2D eigenvalue weighted by Gasteiger charge is -2.17. The normalized spacial score (nSPS) is 19.1. The fraction of sp³-hybridized carbons (Fsp3) is 0.562. The van der Waals surface area contributed by atoms with Crippen molar-refractivity contribution in [3.63, 3.8) is 0 Å². The molecule has 1 saturated heterocycles. The Hall–Kier alpha value is -1.13. The van der Waals surface area contributed by atoms with Gasteiger partial charge in [0.2, 0.25) is 0 Å². The molecule has 0 spiro atoms. The first-order valence-corrected chi connectivity index (χ1v) is 7.85. The van der Waals surface area contributed by atoms with Gasteiger partial charge in [-0.2, -0.15) is 0 Å². The number of likely N-dealkylation sites (tertiary alicyclic amines) is 1. The van der Waals surface area contributed by atoms with E-state index in [1.54, 1.807) is 0 Å². The fourth-order valence-corrected chi connectivity index (χ4v) is 3.01. The molecule has 1 fully saturated rings. The van der Waals surface area contributed by atoms with Gasteiger partial charge in [0.05, 0.1) is 5.56 Å². The van der Waals surface area contributed by atoms with E-state index >= 15 is 0 Å². The average molecular weight is 292 g/mol. The number of benzene rings is 1. The van der Waals surface area contributed by atoms with Gasteiger partial charge in [-0.3, -0.25) is 4.90 Å². The molecule has 1 aliphatic heterocycles. The minimum atomic E-state index is 0.393. The molecule has 1 atom stereocenters. The van der Waals surface area contributed by atoms with E-state index in [-0.39, 0.29) is 0 Å². The predicted molar refractivity (Wildman–Crippen MR) is 87.3 cm³/mol. The van der Waals surface area contributed by atoms with Crippen LogP contribution in [0.15, 0.2) is 24.3 Å². The second kappa shape index (κ2) is 7.60. The maximum Gasteiger partial charge on any atom is 0.129 e. The third kappa shape index (κ3) is 4.18. The van der Waals surface area contributed by atoms with Crippen LogP contribution in [-0.2, 0) is 0 Å². The molecule has 0 aromatic heterocycles. The maximum absolute atomic E-state index is 5.85. The SMILES string of the molecule is CCCC1CCN(CCOc2ccccc2C(N)=S)C1. The Morgan fingerprint density at radius 3 is 3.00 bits per heavy atom. The van der Waals surface area contributed by atoms with Crippen LogP contribution in [0.1, 0.15) is 31.7 Å². The Morgan fingerprint density at radius 2 is 2.25 bits per heavy atom. The summed E-state index contributed by atoms with van der Waals surface area (Å²) in [6.45, 7) is 6.35. The molecule has 1 aromatic rings. The van der Waals surface area contributed by atoms with Crippen molar-refractivity contribution in [1.29, 1.82) is 0 Å². The molecule has 2 rings (SSSR count). The number of nitrogens with zero attached hydrogens (tertiary/aromatic N) is 1. The average Bonchev–Trinajstić information content (AvgIpc) is 2.87. The number of hydrogen-bond donors (Lipinski definition) is 1. The Labute approximate surface area is 127 Å². The summed E-state index contributed by atoms with van der Waals surface area (Å²) in [5.41, 5.74) is 6.53. The lowest BCUT2D eigenvalue weighted by atomic mass is 10.0. The topological polar surface area (TPSA) is 38.5 Å².